The van der Waals surface area contributed by atoms with Gasteiger partial charge in [-0.3, -0.25) is 0 Å². The van der Waals surface area contributed by atoms with E-state index < -0.39 is 0 Å². The first-order chi connectivity index (χ1) is 5.86. The molecule has 1 aliphatic rings. The Hall–Kier alpha value is -0.770. The number of hydrogen-bond donors (Lipinski definition) is 1. The van der Waals surface area contributed by atoms with Gasteiger partial charge in [-0.15, -0.1) is 0 Å². The molecule has 2 rings (SSSR count). The number of nitrogens with zero attached hydrogens (tertiary/aromatic N) is 3. The van der Waals surface area contributed by atoms with E-state index in [9.17, 15) is 0 Å². The van der Waals surface area contributed by atoms with Crippen LogP contribution in [0.15, 0.2) is 18.5 Å². The van der Waals surface area contributed by atoms with E-state index in [1.807, 2.05) is 6.07 Å². The highest BCUT2D eigenvalue weighted by Gasteiger charge is 2.20. The molecular weight excluding hydrogens is 170 g/mol. The summed E-state index contributed by atoms with van der Waals surface area (Å²) in [6.45, 7) is 1.99. The Morgan fingerprint density at radius 2 is 2.17 bits per heavy atom. The van der Waals surface area contributed by atoms with Crippen LogP contribution in [0.5, 0.6) is 0 Å². The van der Waals surface area contributed by atoms with E-state index in [0.29, 0.717) is 5.25 Å². The summed E-state index contributed by atoms with van der Waals surface area (Å²) >= 11 is 4.40. The van der Waals surface area contributed by atoms with Gasteiger partial charge in [0.05, 0.1) is 0 Å². The zero-order valence-electron chi connectivity index (χ0n) is 6.72. The molecule has 0 aromatic carbocycles. The fourth-order valence-electron chi connectivity index (χ4n) is 1.38. The molecule has 1 fully saturated rings. The number of aromatic nitrogens is 2. The van der Waals surface area contributed by atoms with Crippen LogP contribution in [-0.4, -0.2) is 28.3 Å². The summed E-state index contributed by atoms with van der Waals surface area (Å²) in [7, 11) is 0. The molecule has 3 nitrogen and oxygen atoms in total. The van der Waals surface area contributed by atoms with Gasteiger partial charge in [0.2, 0.25) is 5.95 Å². The lowest BCUT2D eigenvalue weighted by Crippen LogP contribution is -2.21. The summed E-state index contributed by atoms with van der Waals surface area (Å²) in [4.78, 5) is 10.5. The summed E-state index contributed by atoms with van der Waals surface area (Å²) in [6, 6.07) is 1.83. The Balaban J connectivity index is 2.11. The third-order valence-corrected chi connectivity index (χ3v) is 2.42. The van der Waals surface area contributed by atoms with Crippen molar-refractivity contribution in [3.8, 4) is 0 Å². The first kappa shape index (κ1) is 7.86. The molecule has 2 heterocycles. The van der Waals surface area contributed by atoms with Gasteiger partial charge < -0.3 is 4.90 Å². The topological polar surface area (TPSA) is 29.0 Å². The van der Waals surface area contributed by atoms with Gasteiger partial charge in [0.25, 0.3) is 0 Å². The maximum absolute atomic E-state index is 4.40. The molecule has 0 bridgehead atoms. The fourth-order valence-corrected chi connectivity index (χ4v) is 1.69. The van der Waals surface area contributed by atoms with E-state index >= 15 is 0 Å². The third kappa shape index (κ3) is 1.53. The van der Waals surface area contributed by atoms with Crippen LogP contribution in [0.2, 0.25) is 0 Å². The molecule has 1 unspecified atom stereocenters. The molecule has 0 aliphatic carbocycles. The van der Waals surface area contributed by atoms with E-state index in [1.165, 1.54) is 0 Å². The zero-order chi connectivity index (χ0) is 8.39. The van der Waals surface area contributed by atoms with Crippen LogP contribution in [0.25, 0.3) is 0 Å². The van der Waals surface area contributed by atoms with Gasteiger partial charge in [-0.25, -0.2) is 9.97 Å². The van der Waals surface area contributed by atoms with Crippen molar-refractivity contribution in [3.05, 3.63) is 18.5 Å². The highest BCUT2D eigenvalue weighted by Crippen LogP contribution is 2.18. The quantitative estimate of drug-likeness (QED) is 0.655. The minimum absolute atomic E-state index is 0.480. The van der Waals surface area contributed by atoms with Gasteiger partial charge >= 0.3 is 0 Å². The smallest absolute Gasteiger partial charge is 0.225 e. The molecule has 1 aliphatic heterocycles. The van der Waals surface area contributed by atoms with Crippen LogP contribution in [0.4, 0.5) is 5.95 Å². The van der Waals surface area contributed by atoms with Crippen molar-refractivity contribution in [1.29, 1.82) is 0 Å². The Morgan fingerprint density at radius 1 is 1.42 bits per heavy atom. The fraction of sp³-hybridized carbons (Fsp3) is 0.500. The number of rotatable bonds is 1. The van der Waals surface area contributed by atoms with Gasteiger partial charge in [-0.05, 0) is 12.5 Å². The van der Waals surface area contributed by atoms with E-state index in [4.69, 9.17) is 0 Å². The standard InChI is InChI=1S/C8H11N3S/c12-7-2-5-11(6-7)8-9-3-1-4-10-8/h1,3-4,7,12H,2,5-6H2. The van der Waals surface area contributed by atoms with Crippen LogP contribution in [-0.2, 0) is 0 Å². The Labute approximate surface area is 77.2 Å². The van der Waals surface area contributed by atoms with Gasteiger partial charge in [-0.1, -0.05) is 0 Å². The van der Waals surface area contributed by atoms with E-state index in [1.54, 1.807) is 12.4 Å². The van der Waals surface area contributed by atoms with E-state index in [0.717, 1.165) is 25.5 Å². The summed E-state index contributed by atoms with van der Waals surface area (Å²) in [5, 5.41) is 0.480. The van der Waals surface area contributed by atoms with Crippen molar-refractivity contribution in [3.63, 3.8) is 0 Å². The molecule has 0 spiro atoms. The lowest BCUT2D eigenvalue weighted by molar-refractivity contribution is 0.899. The molecule has 4 heteroatoms. The summed E-state index contributed by atoms with van der Waals surface area (Å²) in [6.07, 6.45) is 4.67. The van der Waals surface area contributed by atoms with E-state index in [2.05, 4.69) is 27.5 Å². The highest BCUT2D eigenvalue weighted by molar-refractivity contribution is 7.81. The Morgan fingerprint density at radius 3 is 2.75 bits per heavy atom. The van der Waals surface area contributed by atoms with E-state index in [-0.39, 0.29) is 0 Å². The average molecular weight is 181 g/mol. The molecule has 0 saturated carbocycles. The summed E-state index contributed by atoms with van der Waals surface area (Å²) in [5.41, 5.74) is 0. The predicted octanol–water partition coefficient (Wildman–Crippen LogP) is 0.985. The predicted molar refractivity (Wildman–Crippen MR) is 51.6 cm³/mol. The maximum atomic E-state index is 4.40. The molecule has 1 atom stereocenters. The van der Waals surface area contributed by atoms with Crippen molar-refractivity contribution >= 4 is 18.6 Å². The van der Waals surface area contributed by atoms with Crippen molar-refractivity contribution < 1.29 is 0 Å². The molecule has 64 valence electrons. The summed E-state index contributed by atoms with van der Waals surface area (Å²) in [5.74, 6) is 0.828. The second kappa shape index (κ2) is 3.31. The molecule has 0 radical (unpaired) electrons. The number of thiol groups is 1. The SMILES string of the molecule is SC1CCN(c2ncccn2)C1. The normalized spacial score (nSPS) is 23.1. The minimum atomic E-state index is 0.480. The molecular formula is C8H11N3S. The molecule has 0 N–H and O–H groups in total. The minimum Gasteiger partial charge on any atom is -0.340 e. The number of hydrogen-bond acceptors (Lipinski definition) is 4. The molecule has 1 aromatic rings. The van der Waals surface area contributed by atoms with Gasteiger partial charge in [0.1, 0.15) is 0 Å². The van der Waals surface area contributed by atoms with Crippen molar-refractivity contribution in [1.82, 2.24) is 9.97 Å². The summed E-state index contributed by atoms with van der Waals surface area (Å²) < 4.78 is 0. The van der Waals surface area contributed by atoms with Gasteiger partial charge in [-0.2, -0.15) is 12.6 Å². The van der Waals surface area contributed by atoms with Crippen molar-refractivity contribution in [2.45, 2.75) is 11.7 Å². The molecule has 1 aromatic heterocycles. The monoisotopic (exact) mass is 181 g/mol. The zero-order valence-corrected chi connectivity index (χ0v) is 7.61. The molecule has 1 saturated heterocycles. The highest BCUT2D eigenvalue weighted by atomic mass is 32.1. The first-order valence-electron chi connectivity index (χ1n) is 4.06. The second-order valence-electron chi connectivity index (χ2n) is 2.94. The van der Waals surface area contributed by atoms with Crippen LogP contribution >= 0.6 is 12.6 Å². The van der Waals surface area contributed by atoms with Gasteiger partial charge in [0, 0.05) is 30.7 Å². The van der Waals surface area contributed by atoms with Crippen molar-refractivity contribution in [2.75, 3.05) is 18.0 Å². The van der Waals surface area contributed by atoms with Crippen LogP contribution < -0.4 is 4.90 Å². The average Bonchev–Trinajstić information content (AvgIpc) is 2.54. The molecule has 12 heavy (non-hydrogen) atoms. The second-order valence-corrected chi connectivity index (χ2v) is 3.67. The maximum Gasteiger partial charge on any atom is 0.225 e. The Kier molecular flexibility index (Phi) is 2.17. The first-order valence-corrected chi connectivity index (χ1v) is 4.58. The lowest BCUT2D eigenvalue weighted by atomic mass is 10.4. The van der Waals surface area contributed by atoms with Crippen LogP contribution in [0.1, 0.15) is 6.42 Å². The number of anilines is 1. The van der Waals surface area contributed by atoms with Crippen LogP contribution in [0, 0.1) is 0 Å². The Bertz CT molecular complexity index is 252. The van der Waals surface area contributed by atoms with Crippen molar-refractivity contribution in [2.24, 2.45) is 0 Å². The largest absolute Gasteiger partial charge is 0.340 e. The third-order valence-electron chi connectivity index (χ3n) is 2.00. The lowest BCUT2D eigenvalue weighted by Gasteiger charge is -2.13. The van der Waals surface area contributed by atoms with Gasteiger partial charge in [0.15, 0.2) is 0 Å². The molecule has 0 amide bonds. The van der Waals surface area contributed by atoms with Crippen LogP contribution in [0.3, 0.4) is 0 Å².